The van der Waals surface area contributed by atoms with Crippen molar-refractivity contribution in [2.75, 3.05) is 21.3 Å². The Kier molecular flexibility index (Phi) is 16.0. The maximum Gasteiger partial charge on any atom is 0.500 e. The Morgan fingerprint density at radius 1 is 0.846 bits per heavy atom. The third-order valence-corrected chi connectivity index (χ3v) is 7.59. The summed E-state index contributed by atoms with van der Waals surface area (Å²) in [5.74, 6) is -0.322. The molecular weight excluding hydrogens is 348 g/mol. The molecular formula is C20H40O5Si. The molecule has 0 aromatic rings. The van der Waals surface area contributed by atoms with Crippen LogP contribution in [-0.2, 0) is 22.8 Å². The minimum atomic E-state index is -2.36. The van der Waals surface area contributed by atoms with Gasteiger partial charge in [0.1, 0.15) is 0 Å². The SMILES string of the molecule is C=CC(=O)OC(C)CCCCCCCCCCCC[Si](OC)(OC)OC. The predicted octanol–water partition coefficient (Wildman–Crippen LogP) is 5.27. The minimum absolute atomic E-state index is 0.00313. The Bertz CT molecular complexity index is 350. The molecule has 0 aliphatic carbocycles. The fraction of sp³-hybridized carbons (Fsp3) is 0.850. The van der Waals surface area contributed by atoms with Gasteiger partial charge in [0.05, 0.1) is 6.10 Å². The maximum absolute atomic E-state index is 11.1. The number of carbonyl (C=O) groups is 1. The highest BCUT2D eigenvalue weighted by Crippen LogP contribution is 2.18. The van der Waals surface area contributed by atoms with Gasteiger partial charge in [0, 0.05) is 33.4 Å². The van der Waals surface area contributed by atoms with Gasteiger partial charge >= 0.3 is 14.8 Å². The Balaban J connectivity index is 3.39. The van der Waals surface area contributed by atoms with Crippen LogP contribution in [0.1, 0.15) is 77.6 Å². The lowest BCUT2D eigenvalue weighted by Gasteiger charge is -2.24. The number of unbranched alkanes of at least 4 members (excludes halogenated alkanes) is 9. The van der Waals surface area contributed by atoms with E-state index in [1.165, 1.54) is 57.4 Å². The van der Waals surface area contributed by atoms with Crippen LogP contribution in [0.3, 0.4) is 0 Å². The Morgan fingerprint density at radius 3 is 1.69 bits per heavy atom. The zero-order valence-electron chi connectivity index (χ0n) is 17.4. The molecule has 0 aromatic carbocycles. The van der Waals surface area contributed by atoms with Crippen molar-refractivity contribution in [1.29, 1.82) is 0 Å². The summed E-state index contributed by atoms with van der Waals surface area (Å²) in [6, 6.07) is 0.900. The smallest absolute Gasteiger partial charge is 0.460 e. The fourth-order valence-electron chi connectivity index (χ4n) is 3.05. The van der Waals surface area contributed by atoms with Crippen molar-refractivity contribution in [2.45, 2.75) is 89.7 Å². The van der Waals surface area contributed by atoms with E-state index >= 15 is 0 Å². The largest absolute Gasteiger partial charge is 0.500 e. The Labute approximate surface area is 161 Å². The zero-order valence-corrected chi connectivity index (χ0v) is 18.4. The first-order valence-electron chi connectivity index (χ1n) is 10.0. The van der Waals surface area contributed by atoms with E-state index in [-0.39, 0.29) is 12.1 Å². The molecule has 0 saturated carbocycles. The predicted molar refractivity (Wildman–Crippen MR) is 108 cm³/mol. The molecule has 0 spiro atoms. The summed E-state index contributed by atoms with van der Waals surface area (Å²) in [4.78, 5) is 11.1. The van der Waals surface area contributed by atoms with Crippen LogP contribution in [0.4, 0.5) is 0 Å². The van der Waals surface area contributed by atoms with E-state index in [0.717, 1.165) is 25.3 Å². The minimum Gasteiger partial charge on any atom is -0.460 e. The first kappa shape index (κ1) is 25.3. The third kappa shape index (κ3) is 12.6. The molecule has 6 heteroatoms. The Hall–Kier alpha value is -0.693. The van der Waals surface area contributed by atoms with Crippen LogP contribution in [-0.4, -0.2) is 42.2 Å². The van der Waals surface area contributed by atoms with E-state index in [9.17, 15) is 4.79 Å². The molecule has 0 aliphatic heterocycles. The second-order valence-electron chi connectivity index (χ2n) is 6.82. The molecule has 5 nitrogen and oxygen atoms in total. The Morgan fingerprint density at radius 2 is 1.27 bits per heavy atom. The second-order valence-corrected chi connectivity index (χ2v) is 9.91. The van der Waals surface area contributed by atoms with Crippen LogP contribution in [0.15, 0.2) is 12.7 Å². The first-order chi connectivity index (χ1) is 12.5. The van der Waals surface area contributed by atoms with Crippen molar-refractivity contribution < 1.29 is 22.8 Å². The molecule has 0 heterocycles. The van der Waals surface area contributed by atoms with E-state index < -0.39 is 8.80 Å². The van der Waals surface area contributed by atoms with Crippen LogP contribution >= 0.6 is 0 Å². The van der Waals surface area contributed by atoms with E-state index in [4.69, 9.17) is 18.0 Å². The first-order valence-corrected chi connectivity index (χ1v) is 11.9. The number of hydrogen-bond donors (Lipinski definition) is 0. The standard InChI is InChI=1S/C20H40O5Si/c1-6-20(21)25-19(2)17-15-13-11-9-7-8-10-12-14-16-18-26(22-3,23-4)24-5/h6,19H,1,7-18H2,2-5H3. The van der Waals surface area contributed by atoms with Crippen LogP contribution < -0.4 is 0 Å². The van der Waals surface area contributed by atoms with Crippen molar-refractivity contribution in [3.8, 4) is 0 Å². The molecule has 0 fully saturated rings. The fourth-order valence-corrected chi connectivity index (χ4v) is 4.84. The van der Waals surface area contributed by atoms with Crippen molar-refractivity contribution >= 4 is 14.8 Å². The third-order valence-electron chi connectivity index (χ3n) is 4.76. The van der Waals surface area contributed by atoms with Gasteiger partial charge in [-0.15, -0.1) is 0 Å². The monoisotopic (exact) mass is 388 g/mol. The number of rotatable bonds is 18. The average molecular weight is 389 g/mol. The number of esters is 1. The molecule has 154 valence electrons. The quantitative estimate of drug-likeness (QED) is 0.138. The highest BCUT2D eigenvalue weighted by atomic mass is 28.4. The highest BCUT2D eigenvalue weighted by molar-refractivity contribution is 6.60. The van der Waals surface area contributed by atoms with Crippen LogP contribution in [0.25, 0.3) is 0 Å². The van der Waals surface area contributed by atoms with Gasteiger partial charge in [-0.2, -0.15) is 0 Å². The van der Waals surface area contributed by atoms with Crippen molar-refractivity contribution in [3.05, 3.63) is 12.7 Å². The molecule has 0 bridgehead atoms. The summed E-state index contributed by atoms with van der Waals surface area (Å²) in [6.07, 6.45) is 14.6. The summed E-state index contributed by atoms with van der Waals surface area (Å²) in [5, 5.41) is 0. The van der Waals surface area contributed by atoms with Gasteiger partial charge in [0.15, 0.2) is 0 Å². The van der Waals surface area contributed by atoms with Gasteiger partial charge in [-0.1, -0.05) is 57.9 Å². The zero-order chi connectivity index (χ0) is 19.7. The van der Waals surface area contributed by atoms with Gasteiger partial charge in [-0.3, -0.25) is 0 Å². The normalized spacial score (nSPS) is 12.8. The summed E-state index contributed by atoms with van der Waals surface area (Å²) in [5.41, 5.74) is 0. The molecule has 1 atom stereocenters. The molecule has 26 heavy (non-hydrogen) atoms. The number of ether oxygens (including phenoxy) is 1. The highest BCUT2D eigenvalue weighted by Gasteiger charge is 2.36. The molecule has 0 aliphatic rings. The van der Waals surface area contributed by atoms with Crippen molar-refractivity contribution in [1.82, 2.24) is 0 Å². The molecule has 0 radical (unpaired) electrons. The van der Waals surface area contributed by atoms with Crippen molar-refractivity contribution in [3.63, 3.8) is 0 Å². The topological polar surface area (TPSA) is 54.0 Å². The second kappa shape index (κ2) is 16.5. The average Bonchev–Trinajstić information content (AvgIpc) is 2.66. The molecule has 0 N–H and O–H groups in total. The van der Waals surface area contributed by atoms with E-state index in [1.807, 2.05) is 6.92 Å². The van der Waals surface area contributed by atoms with E-state index in [0.29, 0.717) is 0 Å². The summed E-state index contributed by atoms with van der Waals surface area (Å²) < 4.78 is 21.5. The molecule has 0 amide bonds. The van der Waals surface area contributed by atoms with Crippen LogP contribution in [0.2, 0.25) is 6.04 Å². The van der Waals surface area contributed by atoms with Crippen molar-refractivity contribution in [2.24, 2.45) is 0 Å². The lowest BCUT2D eigenvalue weighted by atomic mass is 10.0. The summed E-state index contributed by atoms with van der Waals surface area (Å²) >= 11 is 0. The number of hydrogen-bond acceptors (Lipinski definition) is 5. The molecule has 0 aromatic heterocycles. The van der Waals surface area contributed by atoms with Gasteiger partial charge in [-0.05, 0) is 26.2 Å². The molecule has 0 rings (SSSR count). The van der Waals surface area contributed by atoms with Gasteiger partial charge < -0.3 is 18.0 Å². The molecule has 1 unspecified atom stereocenters. The summed E-state index contributed by atoms with van der Waals surface area (Å²) in [6.45, 7) is 5.35. The summed E-state index contributed by atoms with van der Waals surface area (Å²) in [7, 11) is 2.66. The van der Waals surface area contributed by atoms with Gasteiger partial charge in [-0.25, -0.2) is 4.79 Å². The molecule has 0 saturated heterocycles. The van der Waals surface area contributed by atoms with E-state index in [1.54, 1.807) is 21.3 Å². The van der Waals surface area contributed by atoms with E-state index in [2.05, 4.69) is 6.58 Å². The van der Waals surface area contributed by atoms with Crippen LogP contribution in [0, 0.1) is 0 Å². The maximum atomic E-state index is 11.1. The number of carbonyl (C=O) groups excluding carboxylic acids is 1. The van der Waals surface area contributed by atoms with Crippen LogP contribution in [0.5, 0.6) is 0 Å². The lowest BCUT2D eigenvalue weighted by Crippen LogP contribution is -2.42. The van der Waals surface area contributed by atoms with Gasteiger partial charge in [0.2, 0.25) is 0 Å². The lowest BCUT2D eigenvalue weighted by molar-refractivity contribution is -0.142. The van der Waals surface area contributed by atoms with Gasteiger partial charge in [0.25, 0.3) is 0 Å².